The number of nitrogens with one attached hydrogen (secondary N) is 1. The lowest BCUT2D eigenvalue weighted by Crippen LogP contribution is -2.14. The smallest absolute Gasteiger partial charge is 0.257 e. The Morgan fingerprint density at radius 1 is 1.14 bits per heavy atom. The number of anilines is 1. The Hall–Kier alpha value is -1.96. The highest BCUT2D eigenvalue weighted by Gasteiger charge is 2.14. The molecule has 2 aromatic carbocycles. The van der Waals surface area contributed by atoms with Gasteiger partial charge in [0.1, 0.15) is 5.82 Å². The molecule has 0 unspecified atom stereocenters. The van der Waals surface area contributed by atoms with E-state index in [1.807, 2.05) is 0 Å². The van der Waals surface area contributed by atoms with E-state index >= 15 is 0 Å². The summed E-state index contributed by atoms with van der Waals surface area (Å²) in [5, 5.41) is 7.16. The lowest BCUT2D eigenvalue weighted by atomic mass is 10.2. The molecular weight excluding hydrogens is 319 g/mol. The molecule has 0 radical (unpaired) electrons. The maximum Gasteiger partial charge on any atom is 0.257 e. The molecular formula is C13H10ClFN2O3S. The molecule has 110 valence electrons. The van der Waals surface area contributed by atoms with E-state index in [1.54, 1.807) is 0 Å². The molecule has 0 bridgehead atoms. The summed E-state index contributed by atoms with van der Waals surface area (Å²) in [6.45, 7) is 0. The van der Waals surface area contributed by atoms with Gasteiger partial charge in [0.15, 0.2) is 0 Å². The van der Waals surface area contributed by atoms with E-state index in [0.29, 0.717) is 5.69 Å². The number of sulfonamides is 1. The monoisotopic (exact) mass is 328 g/mol. The second-order valence-corrected chi connectivity index (χ2v) is 6.06. The summed E-state index contributed by atoms with van der Waals surface area (Å²) >= 11 is 5.71. The highest BCUT2D eigenvalue weighted by atomic mass is 35.5. The molecule has 0 aliphatic rings. The van der Waals surface area contributed by atoms with Crippen LogP contribution in [0.25, 0.3) is 0 Å². The Balaban J connectivity index is 2.22. The summed E-state index contributed by atoms with van der Waals surface area (Å²) < 4.78 is 35.5. The number of benzene rings is 2. The first-order chi connectivity index (χ1) is 9.79. The normalized spacial score (nSPS) is 11.2. The predicted octanol–water partition coefficient (Wildman–Crippen LogP) is 2.38. The van der Waals surface area contributed by atoms with Crippen molar-refractivity contribution < 1.29 is 17.6 Å². The predicted molar refractivity (Wildman–Crippen MR) is 77.2 cm³/mol. The highest BCUT2D eigenvalue weighted by Crippen LogP contribution is 2.21. The number of primary sulfonamides is 1. The number of amides is 1. The average molecular weight is 329 g/mol. The Bertz CT molecular complexity index is 792. The van der Waals surface area contributed by atoms with E-state index in [2.05, 4.69) is 5.32 Å². The minimum absolute atomic E-state index is 0.0211. The third kappa shape index (κ3) is 3.57. The second kappa shape index (κ2) is 5.80. The maximum atomic E-state index is 13.3. The molecule has 0 aliphatic heterocycles. The molecule has 0 saturated carbocycles. The molecule has 0 aliphatic carbocycles. The van der Waals surface area contributed by atoms with Crippen molar-refractivity contribution in [3.63, 3.8) is 0 Å². The fraction of sp³-hybridized carbons (Fsp3) is 0. The van der Waals surface area contributed by atoms with Crippen molar-refractivity contribution in [2.45, 2.75) is 4.90 Å². The quantitative estimate of drug-likeness (QED) is 0.906. The minimum Gasteiger partial charge on any atom is -0.322 e. The van der Waals surface area contributed by atoms with E-state index in [1.165, 1.54) is 36.4 Å². The Morgan fingerprint density at radius 3 is 2.33 bits per heavy atom. The summed E-state index contributed by atoms with van der Waals surface area (Å²) in [6, 6.07) is 9.10. The van der Waals surface area contributed by atoms with Crippen molar-refractivity contribution in [1.82, 2.24) is 0 Å². The van der Waals surface area contributed by atoms with Gasteiger partial charge in [0.05, 0.1) is 15.5 Å². The van der Waals surface area contributed by atoms with Crippen molar-refractivity contribution in [3.05, 3.63) is 58.9 Å². The van der Waals surface area contributed by atoms with E-state index in [4.69, 9.17) is 16.7 Å². The van der Waals surface area contributed by atoms with E-state index < -0.39 is 21.7 Å². The topological polar surface area (TPSA) is 89.3 Å². The fourth-order valence-corrected chi connectivity index (χ4v) is 2.33. The summed E-state index contributed by atoms with van der Waals surface area (Å²) in [5.41, 5.74) is 0.305. The van der Waals surface area contributed by atoms with Gasteiger partial charge in [-0.25, -0.2) is 17.9 Å². The number of halogens is 2. The van der Waals surface area contributed by atoms with Crippen molar-refractivity contribution >= 4 is 33.2 Å². The van der Waals surface area contributed by atoms with Crippen molar-refractivity contribution in [1.29, 1.82) is 0 Å². The fourth-order valence-electron chi connectivity index (χ4n) is 1.61. The van der Waals surface area contributed by atoms with Crippen LogP contribution in [0.3, 0.4) is 0 Å². The van der Waals surface area contributed by atoms with Crippen LogP contribution in [0.4, 0.5) is 10.1 Å². The number of hydrogen-bond donors (Lipinski definition) is 2. The zero-order valence-corrected chi connectivity index (χ0v) is 12.1. The van der Waals surface area contributed by atoms with Gasteiger partial charge in [0.25, 0.3) is 5.91 Å². The molecule has 0 saturated heterocycles. The molecule has 5 nitrogen and oxygen atoms in total. The number of rotatable bonds is 3. The lowest BCUT2D eigenvalue weighted by molar-refractivity contribution is 0.102. The van der Waals surface area contributed by atoms with Gasteiger partial charge in [-0.2, -0.15) is 0 Å². The van der Waals surface area contributed by atoms with Crippen LogP contribution in [0.15, 0.2) is 47.4 Å². The van der Waals surface area contributed by atoms with Gasteiger partial charge < -0.3 is 5.32 Å². The van der Waals surface area contributed by atoms with Gasteiger partial charge in [-0.1, -0.05) is 17.7 Å². The van der Waals surface area contributed by atoms with Crippen LogP contribution < -0.4 is 10.5 Å². The standard InChI is InChI=1S/C13H10ClFN2O3S/c14-12-10(2-1-3-11(12)15)13(18)17-8-4-6-9(7-5-8)21(16,19)20/h1-7H,(H,17,18)(H2,16,19,20). The summed E-state index contributed by atoms with van der Waals surface area (Å²) in [4.78, 5) is 11.9. The average Bonchev–Trinajstić information content (AvgIpc) is 2.41. The molecule has 2 aromatic rings. The van der Waals surface area contributed by atoms with Gasteiger partial charge in [-0.15, -0.1) is 0 Å². The van der Waals surface area contributed by atoms with Crippen LogP contribution in [0.2, 0.25) is 5.02 Å². The van der Waals surface area contributed by atoms with Gasteiger partial charge in [-0.3, -0.25) is 4.79 Å². The highest BCUT2D eigenvalue weighted by molar-refractivity contribution is 7.89. The van der Waals surface area contributed by atoms with Crippen LogP contribution >= 0.6 is 11.6 Å². The molecule has 0 aromatic heterocycles. The zero-order valence-electron chi connectivity index (χ0n) is 10.5. The number of nitrogens with two attached hydrogens (primary N) is 1. The Kier molecular flexibility index (Phi) is 4.26. The molecule has 0 heterocycles. The lowest BCUT2D eigenvalue weighted by Gasteiger charge is -2.07. The molecule has 21 heavy (non-hydrogen) atoms. The van der Waals surface area contributed by atoms with E-state index in [0.717, 1.165) is 6.07 Å². The summed E-state index contributed by atoms with van der Waals surface area (Å²) in [5.74, 6) is -1.31. The van der Waals surface area contributed by atoms with E-state index in [-0.39, 0.29) is 15.5 Å². The van der Waals surface area contributed by atoms with Crippen LogP contribution in [-0.4, -0.2) is 14.3 Å². The minimum atomic E-state index is -3.80. The molecule has 3 N–H and O–H groups in total. The summed E-state index contributed by atoms with van der Waals surface area (Å²) in [7, 11) is -3.80. The van der Waals surface area contributed by atoms with Gasteiger partial charge in [0, 0.05) is 5.69 Å². The zero-order chi connectivity index (χ0) is 15.6. The first kappa shape index (κ1) is 15.4. The van der Waals surface area contributed by atoms with Crippen LogP contribution in [-0.2, 0) is 10.0 Å². The second-order valence-electron chi connectivity index (χ2n) is 4.12. The molecule has 0 spiro atoms. The van der Waals surface area contributed by atoms with Crippen LogP contribution in [0.1, 0.15) is 10.4 Å². The van der Waals surface area contributed by atoms with Crippen LogP contribution in [0.5, 0.6) is 0 Å². The third-order valence-corrected chi connectivity index (χ3v) is 3.95. The molecule has 0 fully saturated rings. The number of carbonyl (C=O) groups is 1. The molecule has 8 heteroatoms. The van der Waals surface area contributed by atoms with Crippen molar-refractivity contribution in [2.75, 3.05) is 5.32 Å². The molecule has 0 atom stereocenters. The molecule has 1 amide bonds. The van der Waals surface area contributed by atoms with Crippen LogP contribution in [0, 0.1) is 5.82 Å². The SMILES string of the molecule is NS(=O)(=O)c1ccc(NC(=O)c2cccc(F)c2Cl)cc1. The van der Waals surface area contributed by atoms with Gasteiger partial charge in [-0.05, 0) is 36.4 Å². The third-order valence-electron chi connectivity index (χ3n) is 2.64. The largest absolute Gasteiger partial charge is 0.322 e. The number of hydrogen-bond acceptors (Lipinski definition) is 3. The van der Waals surface area contributed by atoms with E-state index in [9.17, 15) is 17.6 Å². The number of carbonyl (C=O) groups excluding carboxylic acids is 1. The Morgan fingerprint density at radius 2 is 1.76 bits per heavy atom. The maximum absolute atomic E-state index is 13.3. The van der Waals surface area contributed by atoms with Gasteiger partial charge in [0.2, 0.25) is 10.0 Å². The summed E-state index contributed by atoms with van der Waals surface area (Å²) in [6.07, 6.45) is 0. The Labute approximate surface area is 125 Å². The van der Waals surface area contributed by atoms with Crippen molar-refractivity contribution in [2.24, 2.45) is 5.14 Å². The van der Waals surface area contributed by atoms with Crippen molar-refractivity contribution in [3.8, 4) is 0 Å². The van der Waals surface area contributed by atoms with Gasteiger partial charge >= 0.3 is 0 Å². The first-order valence-corrected chi connectivity index (χ1v) is 7.59. The first-order valence-electron chi connectivity index (χ1n) is 5.67. The molecule has 2 rings (SSSR count).